The van der Waals surface area contributed by atoms with E-state index in [0.717, 1.165) is 16.6 Å². The zero-order valence-corrected chi connectivity index (χ0v) is 11.7. The predicted molar refractivity (Wildman–Crippen MR) is 75.3 cm³/mol. The van der Waals surface area contributed by atoms with Crippen LogP contribution < -0.4 is 5.59 Å². The Morgan fingerprint density at radius 3 is 2.16 bits per heavy atom. The Balaban J connectivity index is 1.98. The molecule has 0 amide bonds. The van der Waals surface area contributed by atoms with E-state index >= 15 is 0 Å². The zero-order valence-electron chi connectivity index (χ0n) is 11.7. The summed E-state index contributed by atoms with van der Waals surface area (Å²) in [6.07, 6.45) is 1.73. The lowest BCUT2D eigenvalue weighted by Crippen LogP contribution is -2.41. The minimum atomic E-state index is -0.456. The van der Waals surface area contributed by atoms with Gasteiger partial charge in [0.1, 0.15) is 0 Å². The van der Waals surface area contributed by atoms with Crippen LogP contribution >= 0.6 is 0 Å². The predicted octanol–water partition coefficient (Wildman–Crippen LogP) is 1.93. The summed E-state index contributed by atoms with van der Waals surface area (Å²) >= 11 is 0. The summed E-state index contributed by atoms with van der Waals surface area (Å²) in [6.45, 7) is 8.12. The summed E-state index contributed by atoms with van der Waals surface area (Å²) in [5, 5.41) is 0. The third-order valence-corrected chi connectivity index (χ3v) is 3.96. The van der Waals surface area contributed by atoms with Gasteiger partial charge in [0.25, 0.3) is 0 Å². The standard InChI is InChI=1S/C14H17BN2O2/c1-13(2)14(3,4)19-15(18-13)12-9-16-10-7-5-6-8-11(10)17-12/h5-9H,1-4H3. The SMILES string of the molecule is CC1(C)OB(c2cnc3ccccc3n2)OC1(C)C. The minimum absolute atomic E-state index is 0.356. The van der Waals surface area contributed by atoms with Crippen molar-refractivity contribution in [2.75, 3.05) is 0 Å². The molecule has 3 rings (SSSR count). The third kappa shape index (κ3) is 2.03. The highest BCUT2D eigenvalue weighted by molar-refractivity contribution is 6.61. The first-order valence-corrected chi connectivity index (χ1v) is 6.46. The number of fused-ring (bicyclic) bond motifs is 1. The van der Waals surface area contributed by atoms with Crippen molar-refractivity contribution in [2.24, 2.45) is 0 Å². The van der Waals surface area contributed by atoms with Crippen molar-refractivity contribution in [2.45, 2.75) is 38.9 Å². The van der Waals surface area contributed by atoms with Crippen LogP contribution in [-0.2, 0) is 9.31 Å². The van der Waals surface area contributed by atoms with Crippen LogP contribution in [0.3, 0.4) is 0 Å². The molecule has 19 heavy (non-hydrogen) atoms. The molecule has 0 saturated carbocycles. The first-order valence-electron chi connectivity index (χ1n) is 6.46. The van der Waals surface area contributed by atoms with Crippen LogP contribution in [0.1, 0.15) is 27.7 Å². The smallest absolute Gasteiger partial charge is 0.398 e. The van der Waals surface area contributed by atoms with Crippen molar-refractivity contribution in [1.29, 1.82) is 0 Å². The van der Waals surface area contributed by atoms with Gasteiger partial charge in [-0.25, -0.2) is 0 Å². The van der Waals surface area contributed by atoms with Gasteiger partial charge < -0.3 is 9.31 Å². The number of hydrogen-bond donors (Lipinski definition) is 0. The van der Waals surface area contributed by atoms with Crippen molar-refractivity contribution >= 4 is 23.7 Å². The second kappa shape index (κ2) is 4.02. The van der Waals surface area contributed by atoms with E-state index in [2.05, 4.69) is 9.97 Å². The van der Waals surface area contributed by atoms with E-state index in [4.69, 9.17) is 9.31 Å². The van der Waals surface area contributed by atoms with E-state index < -0.39 is 7.12 Å². The molecule has 0 radical (unpaired) electrons. The van der Waals surface area contributed by atoms with Gasteiger partial charge in [-0.3, -0.25) is 9.97 Å². The van der Waals surface area contributed by atoms with Gasteiger partial charge in [0.15, 0.2) is 0 Å². The molecule has 0 bridgehead atoms. The van der Waals surface area contributed by atoms with Crippen molar-refractivity contribution in [1.82, 2.24) is 9.97 Å². The zero-order chi connectivity index (χ0) is 13.7. The Kier molecular flexibility index (Phi) is 2.66. The Hall–Kier alpha value is -1.46. The Morgan fingerprint density at radius 2 is 1.53 bits per heavy atom. The molecule has 1 saturated heterocycles. The summed E-state index contributed by atoms with van der Waals surface area (Å²) in [5.74, 6) is 0. The fraction of sp³-hybridized carbons (Fsp3) is 0.429. The highest BCUT2D eigenvalue weighted by atomic mass is 16.7. The quantitative estimate of drug-likeness (QED) is 0.731. The first kappa shape index (κ1) is 12.6. The molecule has 2 aromatic rings. The fourth-order valence-corrected chi connectivity index (χ4v) is 2.05. The largest absolute Gasteiger partial charge is 0.516 e. The minimum Gasteiger partial charge on any atom is -0.398 e. The summed E-state index contributed by atoms with van der Waals surface area (Å²) in [6, 6.07) is 7.78. The van der Waals surface area contributed by atoms with Crippen LogP contribution in [-0.4, -0.2) is 28.3 Å². The summed E-state index contributed by atoms with van der Waals surface area (Å²) in [5.41, 5.74) is 1.74. The Labute approximate surface area is 113 Å². The van der Waals surface area contributed by atoms with Crippen molar-refractivity contribution in [3.8, 4) is 0 Å². The van der Waals surface area contributed by atoms with Gasteiger partial charge in [-0.15, -0.1) is 0 Å². The van der Waals surface area contributed by atoms with Crippen LogP contribution in [0.4, 0.5) is 0 Å². The molecule has 1 aliphatic rings. The molecule has 1 aliphatic heterocycles. The van der Waals surface area contributed by atoms with E-state index in [1.807, 2.05) is 52.0 Å². The van der Waals surface area contributed by atoms with Gasteiger partial charge in [0, 0.05) is 6.20 Å². The number of para-hydroxylation sites is 2. The Morgan fingerprint density at radius 1 is 0.947 bits per heavy atom. The van der Waals surface area contributed by atoms with Crippen molar-refractivity contribution in [3.63, 3.8) is 0 Å². The van der Waals surface area contributed by atoms with Crippen LogP contribution in [0.2, 0.25) is 0 Å². The lowest BCUT2D eigenvalue weighted by atomic mass is 9.85. The van der Waals surface area contributed by atoms with Gasteiger partial charge in [0.05, 0.1) is 27.8 Å². The molecule has 5 heteroatoms. The van der Waals surface area contributed by atoms with Crippen LogP contribution in [0.5, 0.6) is 0 Å². The Bertz CT molecular complexity index is 612. The molecule has 98 valence electrons. The molecule has 0 spiro atoms. The maximum atomic E-state index is 5.97. The van der Waals surface area contributed by atoms with E-state index in [-0.39, 0.29) is 11.2 Å². The van der Waals surface area contributed by atoms with Gasteiger partial charge in [0.2, 0.25) is 0 Å². The number of nitrogens with zero attached hydrogens (tertiary/aromatic N) is 2. The average molecular weight is 256 g/mol. The molecular formula is C14H17BN2O2. The third-order valence-electron chi connectivity index (χ3n) is 3.96. The fourth-order valence-electron chi connectivity index (χ4n) is 2.05. The number of hydrogen-bond acceptors (Lipinski definition) is 4. The lowest BCUT2D eigenvalue weighted by Gasteiger charge is -2.32. The van der Waals surface area contributed by atoms with Gasteiger partial charge in [-0.2, -0.15) is 0 Å². The summed E-state index contributed by atoms with van der Waals surface area (Å²) in [4.78, 5) is 8.97. The van der Waals surface area contributed by atoms with Gasteiger partial charge in [-0.1, -0.05) is 12.1 Å². The molecule has 0 atom stereocenters. The molecule has 1 fully saturated rings. The summed E-state index contributed by atoms with van der Waals surface area (Å²) in [7, 11) is -0.456. The lowest BCUT2D eigenvalue weighted by molar-refractivity contribution is 0.00578. The molecule has 2 heterocycles. The number of rotatable bonds is 1. The average Bonchev–Trinajstić information content (AvgIpc) is 2.58. The highest BCUT2D eigenvalue weighted by Crippen LogP contribution is 2.36. The molecule has 0 unspecified atom stereocenters. The van der Waals surface area contributed by atoms with Crippen LogP contribution in [0.25, 0.3) is 11.0 Å². The number of aromatic nitrogens is 2. The van der Waals surface area contributed by atoms with Crippen molar-refractivity contribution < 1.29 is 9.31 Å². The highest BCUT2D eigenvalue weighted by Gasteiger charge is 2.52. The topological polar surface area (TPSA) is 44.2 Å². The van der Waals surface area contributed by atoms with E-state index in [0.29, 0.717) is 0 Å². The van der Waals surface area contributed by atoms with Gasteiger partial charge >= 0.3 is 7.12 Å². The molecule has 0 aliphatic carbocycles. The van der Waals surface area contributed by atoms with Crippen molar-refractivity contribution in [3.05, 3.63) is 30.5 Å². The molecular weight excluding hydrogens is 239 g/mol. The molecule has 1 aromatic heterocycles. The first-order chi connectivity index (χ1) is 8.89. The monoisotopic (exact) mass is 256 g/mol. The molecule has 1 aromatic carbocycles. The molecule has 4 nitrogen and oxygen atoms in total. The van der Waals surface area contributed by atoms with E-state index in [9.17, 15) is 0 Å². The maximum absolute atomic E-state index is 5.97. The van der Waals surface area contributed by atoms with Gasteiger partial charge in [-0.05, 0) is 39.8 Å². The second-order valence-electron chi connectivity index (χ2n) is 5.87. The number of benzene rings is 1. The molecule has 0 N–H and O–H groups in total. The summed E-state index contributed by atoms with van der Waals surface area (Å²) < 4.78 is 11.9. The normalized spacial score (nSPS) is 20.9. The van der Waals surface area contributed by atoms with E-state index in [1.165, 1.54) is 0 Å². The second-order valence-corrected chi connectivity index (χ2v) is 5.87. The maximum Gasteiger partial charge on any atom is 0.516 e. The van der Waals surface area contributed by atoms with Crippen LogP contribution in [0, 0.1) is 0 Å². The van der Waals surface area contributed by atoms with E-state index in [1.54, 1.807) is 6.20 Å². The van der Waals surface area contributed by atoms with Crippen LogP contribution in [0.15, 0.2) is 30.5 Å².